The van der Waals surface area contributed by atoms with Crippen molar-refractivity contribution < 1.29 is 24.2 Å². The predicted octanol–water partition coefficient (Wildman–Crippen LogP) is 2.81. The summed E-state index contributed by atoms with van der Waals surface area (Å²) in [5, 5.41) is 29.1. The van der Waals surface area contributed by atoms with Crippen molar-refractivity contribution in [2.75, 3.05) is 0 Å². The van der Waals surface area contributed by atoms with Gasteiger partial charge in [0.2, 0.25) is 17.7 Å². The molecule has 36 heavy (non-hydrogen) atoms. The third kappa shape index (κ3) is 3.44. The van der Waals surface area contributed by atoms with Crippen molar-refractivity contribution >= 4 is 22.6 Å². The molecule has 2 aliphatic rings. The highest BCUT2D eigenvalue weighted by Crippen LogP contribution is 2.42. The van der Waals surface area contributed by atoms with E-state index >= 15 is 0 Å². The average molecular weight is 488 g/mol. The monoisotopic (exact) mass is 488 g/mol. The number of aromatic hydroxyl groups is 2. The lowest BCUT2D eigenvalue weighted by atomic mass is 10.0. The van der Waals surface area contributed by atoms with Gasteiger partial charge in [-0.3, -0.25) is 14.4 Å². The molecule has 1 aliphatic carbocycles. The summed E-state index contributed by atoms with van der Waals surface area (Å²) in [7, 11) is 0. The summed E-state index contributed by atoms with van der Waals surface area (Å²) in [4.78, 5) is 39.3. The lowest BCUT2D eigenvalue weighted by Crippen LogP contribution is -2.27. The molecular weight excluding hydrogens is 467 g/mol. The molecule has 10 heteroatoms. The molecule has 1 amide bonds. The fourth-order valence-corrected chi connectivity index (χ4v) is 4.81. The minimum absolute atomic E-state index is 0.0158. The van der Waals surface area contributed by atoms with Gasteiger partial charge in [0.05, 0.1) is 29.7 Å². The summed E-state index contributed by atoms with van der Waals surface area (Å²) in [6.07, 6.45) is 1.86. The second-order valence-corrected chi connectivity index (χ2v) is 9.25. The van der Waals surface area contributed by atoms with Crippen molar-refractivity contribution in [3.05, 3.63) is 86.6 Å². The molecule has 1 fully saturated rings. The second-order valence-electron chi connectivity index (χ2n) is 9.25. The number of amides is 1. The molecule has 1 saturated carbocycles. The molecule has 3 N–H and O–H groups in total. The minimum atomic E-state index is -0.932. The number of H-pyrrole nitrogens is 1. The minimum Gasteiger partial charge on any atom is -0.494 e. The van der Waals surface area contributed by atoms with Crippen LogP contribution in [0.2, 0.25) is 0 Å². The first-order valence-corrected chi connectivity index (χ1v) is 11.6. The van der Waals surface area contributed by atoms with Gasteiger partial charge in [0, 0.05) is 28.9 Å². The van der Waals surface area contributed by atoms with E-state index in [1.165, 1.54) is 12.1 Å². The Labute approximate surface area is 203 Å². The molecule has 2 aromatic heterocycles. The van der Waals surface area contributed by atoms with Crippen LogP contribution in [-0.4, -0.2) is 41.7 Å². The fraction of sp³-hybridized carbons (Fsp3) is 0.231. The first-order valence-electron chi connectivity index (χ1n) is 11.6. The van der Waals surface area contributed by atoms with Gasteiger partial charge in [0.15, 0.2) is 0 Å². The third-order valence-corrected chi connectivity index (χ3v) is 6.87. The van der Waals surface area contributed by atoms with Crippen LogP contribution < -0.4 is 5.56 Å². The van der Waals surface area contributed by atoms with E-state index in [0.29, 0.717) is 26.6 Å². The van der Waals surface area contributed by atoms with Crippen LogP contribution in [0.25, 0.3) is 10.8 Å². The van der Waals surface area contributed by atoms with Crippen LogP contribution in [0.5, 0.6) is 11.8 Å². The molecular formula is C26H21FN4O5. The van der Waals surface area contributed by atoms with E-state index in [0.717, 1.165) is 18.9 Å². The highest BCUT2D eigenvalue weighted by Gasteiger charge is 2.40. The van der Waals surface area contributed by atoms with Gasteiger partial charge in [-0.2, -0.15) is 5.10 Å². The van der Waals surface area contributed by atoms with Crippen molar-refractivity contribution in [1.29, 1.82) is 0 Å². The van der Waals surface area contributed by atoms with Crippen molar-refractivity contribution in [3.8, 4) is 11.8 Å². The average Bonchev–Trinajstić information content (AvgIpc) is 3.59. The molecule has 182 valence electrons. The summed E-state index contributed by atoms with van der Waals surface area (Å²) in [5.41, 5.74) is 0.996. The Bertz CT molecular complexity index is 1610. The number of aromatic amines is 1. The lowest BCUT2D eigenvalue weighted by Gasteiger charge is -2.16. The van der Waals surface area contributed by atoms with Crippen LogP contribution in [0, 0.1) is 11.7 Å². The molecule has 0 saturated heterocycles. The third-order valence-electron chi connectivity index (χ3n) is 6.87. The van der Waals surface area contributed by atoms with E-state index < -0.39 is 23.5 Å². The Balaban J connectivity index is 1.32. The predicted molar refractivity (Wildman–Crippen MR) is 126 cm³/mol. The van der Waals surface area contributed by atoms with Gasteiger partial charge in [0.25, 0.3) is 11.5 Å². The van der Waals surface area contributed by atoms with E-state index in [4.69, 9.17) is 0 Å². The number of hydrogen-bond acceptors (Lipinski definition) is 6. The number of halogens is 1. The number of fused-ring (bicyclic) bond motifs is 2. The smallest absolute Gasteiger partial charge is 0.272 e. The molecule has 0 atom stereocenters. The van der Waals surface area contributed by atoms with Gasteiger partial charge in [-0.05, 0) is 36.6 Å². The SMILES string of the molecule is O=C(C1CC1)N1Cc2c(c(O)n(C(=O)c3cc(Cc4n[nH]c(=O)c5ccccc45)ccc3F)c2O)C1. The number of hydrogen-bond donors (Lipinski definition) is 3. The topological polar surface area (TPSA) is 129 Å². The maximum absolute atomic E-state index is 14.8. The van der Waals surface area contributed by atoms with Crippen molar-refractivity contribution in [1.82, 2.24) is 19.7 Å². The maximum atomic E-state index is 14.8. The van der Waals surface area contributed by atoms with E-state index in [2.05, 4.69) is 10.2 Å². The van der Waals surface area contributed by atoms with Crippen LogP contribution in [0.15, 0.2) is 47.3 Å². The van der Waals surface area contributed by atoms with E-state index in [9.17, 15) is 29.0 Å². The molecule has 2 aromatic carbocycles. The highest BCUT2D eigenvalue weighted by atomic mass is 19.1. The van der Waals surface area contributed by atoms with Crippen molar-refractivity contribution in [3.63, 3.8) is 0 Å². The highest BCUT2D eigenvalue weighted by molar-refractivity contribution is 5.99. The van der Waals surface area contributed by atoms with Crippen LogP contribution in [0.4, 0.5) is 4.39 Å². The number of carbonyl (C=O) groups is 2. The van der Waals surface area contributed by atoms with Crippen LogP contribution in [0.3, 0.4) is 0 Å². The van der Waals surface area contributed by atoms with Crippen LogP contribution >= 0.6 is 0 Å². The number of aromatic nitrogens is 3. The Hall–Kier alpha value is -4.47. The summed E-state index contributed by atoms with van der Waals surface area (Å²) >= 11 is 0. The van der Waals surface area contributed by atoms with Crippen LogP contribution in [0.1, 0.15) is 45.6 Å². The first kappa shape index (κ1) is 22.0. The zero-order chi connectivity index (χ0) is 25.1. The second kappa shape index (κ2) is 8.04. The molecule has 6 rings (SSSR count). The van der Waals surface area contributed by atoms with E-state index in [1.54, 1.807) is 29.2 Å². The molecule has 0 spiro atoms. The van der Waals surface area contributed by atoms with Gasteiger partial charge in [-0.1, -0.05) is 24.3 Å². The summed E-state index contributed by atoms with van der Waals surface area (Å²) in [5.74, 6) is -2.81. The standard InChI is InChI=1S/C26H21FN4O5/c27-20-8-5-13(10-21-15-3-1-2-4-16(15)22(32)29-28-21)9-17(20)24(34)31-25(35)18-11-30(12-19(18)26(31)36)23(33)14-6-7-14/h1-5,8-9,14,35-36H,6-7,10-12H2,(H,29,32). The van der Waals surface area contributed by atoms with Crippen molar-refractivity contribution in [2.45, 2.75) is 32.4 Å². The number of benzene rings is 2. The molecule has 0 unspecified atom stereocenters. The fourth-order valence-electron chi connectivity index (χ4n) is 4.81. The summed E-state index contributed by atoms with van der Waals surface area (Å²) < 4.78 is 15.4. The largest absolute Gasteiger partial charge is 0.494 e. The van der Waals surface area contributed by atoms with Crippen LogP contribution in [-0.2, 0) is 24.3 Å². The van der Waals surface area contributed by atoms with Crippen molar-refractivity contribution in [2.24, 2.45) is 5.92 Å². The molecule has 0 radical (unpaired) electrons. The van der Waals surface area contributed by atoms with Gasteiger partial charge in [-0.15, -0.1) is 0 Å². The van der Waals surface area contributed by atoms with Gasteiger partial charge < -0.3 is 15.1 Å². The Morgan fingerprint density at radius 1 is 1.03 bits per heavy atom. The first-order chi connectivity index (χ1) is 17.3. The molecule has 1 aliphatic heterocycles. The Morgan fingerprint density at radius 3 is 2.36 bits per heavy atom. The Kier molecular flexibility index (Phi) is 4.92. The molecule has 4 aromatic rings. The number of carbonyl (C=O) groups excluding carboxylic acids is 2. The van der Waals surface area contributed by atoms with Gasteiger partial charge in [0.1, 0.15) is 5.82 Å². The normalized spacial score (nSPS) is 14.9. The number of nitrogens with one attached hydrogen (secondary N) is 1. The van der Waals surface area contributed by atoms with E-state index in [1.807, 2.05) is 0 Å². The lowest BCUT2D eigenvalue weighted by molar-refractivity contribution is -0.133. The zero-order valence-electron chi connectivity index (χ0n) is 19.0. The van der Waals surface area contributed by atoms with Gasteiger partial charge in [-0.25, -0.2) is 14.1 Å². The van der Waals surface area contributed by atoms with Gasteiger partial charge >= 0.3 is 0 Å². The number of rotatable bonds is 4. The summed E-state index contributed by atoms with van der Waals surface area (Å²) in [6, 6.07) is 10.9. The molecule has 9 nitrogen and oxygen atoms in total. The molecule has 0 bridgehead atoms. The maximum Gasteiger partial charge on any atom is 0.272 e. The molecule has 3 heterocycles. The number of nitrogens with zero attached hydrogens (tertiary/aromatic N) is 3. The Morgan fingerprint density at radius 2 is 1.69 bits per heavy atom. The van der Waals surface area contributed by atoms with E-state index in [-0.39, 0.29) is 53.6 Å². The quantitative estimate of drug-likeness (QED) is 0.405. The zero-order valence-corrected chi connectivity index (χ0v) is 19.0. The summed E-state index contributed by atoms with van der Waals surface area (Å²) in [6.45, 7) is 0.162.